The molecular formula is C19H21N3O5. The van der Waals surface area contributed by atoms with Crippen LogP contribution in [0.15, 0.2) is 48.5 Å². The van der Waals surface area contributed by atoms with Crippen LogP contribution in [0.3, 0.4) is 0 Å². The summed E-state index contributed by atoms with van der Waals surface area (Å²) in [5, 5.41) is 13.4. The van der Waals surface area contributed by atoms with Crippen LogP contribution in [0.1, 0.15) is 6.42 Å². The van der Waals surface area contributed by atoms with Crippen molar-refractivity contribution in [2.45, 2.75) is 6.42 Å². The quantitative estimate of drug-likeness (QED) is 0.594. The zero-order valence-corrected chi connectivity index (χ0v) is 14.8. The minimum absolute atomic E-state index is 0.000573. The van der Waals surface area contributed by atoms with E-state index in [1.165, 1.54) is 24.3 Å². The molecule has 1 saturated heterocycles. The number of anilines is 2. The summed E-state index contributed by atoms with van der Waals surface area (Å²) in [7, 11) is 0. The molecule has 0 atom stereocenters. The van der Waals surface area contributed by atoms with Crippen molar-refractivity contribution in [3.05, 3.63) is 58.6 Å². The zero-order valence-electron chi connectivity index (χ0n) is 14.8. The molecule has 0 saturated carbocycles. The molecule has 27 heavy (non-hydrogen) atoms. The summed E-state index contributed by atoms with van der Waals surface area (Å²) in [5.41, 5.74) is 1.84. The summed E-state index contributed by atoms with van der Waals surface area (Å²) in [6.07, 6.45) is 0.183. The van der Waals surface area contributed by atoms with Gasteiger partial charge < -0.3 is 19.7 Å². The number of nitro groups is 1. The van der Waals surface area contributed by atoms with Gasteiger partial charge in [0.15, 0.2) is 0 Å². The number of nitrogens with zero attached hydrogens (tertiary/aromatic N) is 2. The Balaban J connectivity index is 1.42. The smallest absolute Gasteiger partial charge is 0.269 e. The molecule has 0 unspecified atom stereocenters. The number of rotatable bonds is 7. The Morgan fingerprint density at radius 2 is 1.78 bits per heavy atom. The number of ether oxygens (including phenoxy) is 2. The van der Waals surface area contributed by atoms with Crippen LogP contribution in [0.4, 0.5) is 17.1 Å². The third-order valence-electron chi connectivity index (χ3n) is 4.17. The summed E-state index contributed by atoms with van der Waals surface area (Å²) < 4.78 is 10.8. The summed E-state index contributed by atoms with van der Waals surface area (Å²) in [5.74, 6) is 0.333. The highest BCUT2D eigenvalue weighted by Gasteiger charge is 2.11. The summed E-state index contributed by atoms with van der Waals surface area (Å²) in [6, 6.07) is 13.5. The minimum atomic E-state index is -0.471. The number of hydrogen-bond donors (Lipinski definition) is 1. The van der Waals surface area contributed by atoms with Crippen molar-refractivity contribution >= 4 is 23.0 Å². The van der Waals surface area contributed by atoms with Gasteiger partial charge >= 0.3 is 0 Å². The van der Waals surface area contributed by atoms with Gasteiger partial charge in [-0.05, 0) is 36.4 Å². The van der Waals surface area contributed by atoms with Gasteiger partial charge in [-0.15, -0.1) is 0 Å². The predicted octanol–water partition coefficient (Wildman–Crippen LogP) is 2.84. The van der Waals surface area contributed by atoms with Gasteiger partial charge in [-0.1, -0.05) is 0 Å². The normalized spacial score (nSPS) is 13.9. The average molecular weight is 371 g/mol. The van der Waals surface area contributed by atoms with E-state index in [1.807, 2.05) is 24.3 Å². The number of nitrogens with one attached hydrogen (secondary N) is 1. The van der Waals surface area contributed by atoms with Crippen LogP contribution in [-0.4, -0.2) is 43.7 Å². The number of benzene rings is 2. The topological polar surface area (TPSA) is 93.9 Å². The molecule has 2 aromatic rings. The van der Waals surface area contributed by atoms with Crippen LogP contribution in [0.5, 0.6) is 5.75 Å². The molecule has 0 aromatic heterocycles. The lowest BCUT2D eigenvalue weighted by Crippen LogP contribution is -2.36. The Morgan fingerprint density at radius 3 is 2.41 bits per heavy atom. The maximum absolute atomic E-state index is 12.0. The molecule has 142 valence electrons. The number of non-ortho nitro benzene ring substituents is 1. The van der Waals surface area contributed by atoms with E-state index in [2.05, 4.69) is 10.2 Å². The van der Waals surface area contributed by atoms with E-state index in [1.54, 1.807) is 0 Å². The van der Waals surface area contributed by atoms with Crippen LogP contribution in [0.2, 0.25) is 0 Å². The molecule has 2 aromatic carbocycles. The molecule has 1 heterocycles. The van der Waals surface area contributed by atoms with Gasteiger partial charge in [0, 0.05) is 36.6 Å². The van der Waals surface area contributed by atoms with E-state index in [-0.39, 0.29) is 24.6 Å². The second-order valence-corrected chi connectivity index (χ2v) is 6.04. The first kappa shape index (κ1) is 18.7. The molecule has 0 bridgehead atoms. The highest BCUT2D eigenvalue weighted by atomic mass is 16.6. The average Bonchev–Trinajstić information content (AvgIpc) is 2.69. The molecule has 8 nitrogen and oxygen atoms in total. The number of hydrogen-bond acceptors (Lipinski definition) is 6. The van der Waals surface area contributed by atoms with E-state index in [9.17, 15) is 14.9 Å². The van der Waals surface area contributed by atoms with E-state index >= 15 is 0 Å². The largest absolute Gasteiger partial charge is 0.493 e. The maximum atomic E-state index is 12.0. The van der Waals surface area contributed by atoms with Crippen molar-refractivity contribution in [1.82, 2.24) is 0 Å². The van der Waals surface area contributed by atoms with E-state index in [0.29, 0.717) is 5.75 Å². The molecule has 3 rings (SSSR count). The Labute approximate surface area is 156 Å². The first-order valence-electron chi connectivity index (χ1n) is 8.72. The Bertz CT molecular complexity index is 771. The summed E-state index contributed by atoms with van der Waals surface area (Å²) in [6.45, 7) is 3.38. The molecule has 1 amide bonds. The summed E-state index contributed by atoms with van der Waals surface area (Å²) >= 11 is 0. The van der Waals surface area contributed by atoms with E-state index in [0.717, 1.165) is 37.7 Å². The lowest BCUT2D eigenvalue weighted by atomic mass is 10.2. The molecule has 0 aliphatic carbocycles. The Morgan fingerprint density at radius 1 is 1.11 bits per heavy atom. The van der Waals surface area contributed by atoms with Crippen molar-refractivity contribution < 1.29 is 19.2 Å². The lowest BCUT2D eigenvalue weighted by Gasteiger charge is -2.28. The third-order valence-corrected chi connectivity index (χ3v) is 4.17. The van der Waals surface area contributed by atoms with Gasteiger partial charge in [0.2, 0.25) is 5.91 Å². The minimum Gasteiger partial charge on any atom is -0.493 e. The Hall–Kier alpha value is -3.13. The van der Waals surface area contributed by atoms with Crippen molar-refractivity contribution in [2.24, 2.45) is 0 Å². The van der Waals surface area contributed by atoms with Gasteiger partial charge in [0.25, 0.3) is 5.69 Å². The van der Waals surface area contributed by atoms with Gasteiger partial charge in [0.1, 0.15) is 5.75 Å². The monoisotopic (exact) mass is 371 g/mol. The second-order valence-electron chi connectivity index (χ2n) is 6.04. The molecule has 0 radical (unpaired) electrons. The molecule has 1 aliphatic rings. The van der Waals surface area contributed by atoms with Crippen molar-refractivity contribution in [3.63, 3.8) is 0 Å². The zero-order chi connectivity index (χ0) is 19.1. The van der Waals surface area contributed by atoms with E-state index < -0.39 is 4.92 Å². The molecule has 0 spiro atoms. The molecule has 1 fully saturated rings. The Kier molecular flexibility index (Phi) is 6.22. The van der Waals surface area contributed by atoms with Gasteiger partial charge in [-0.3, -0.25) is 14.9 Å². The van der Waals surface area contributed by atoms with Crippen LogP contribution < -0.4 is 15.0 Å². The van der Waals surface area contributed by atoms with Crippen molar-refractivity contribution in [1.29, 1.82) is 0 Å². The van der Waals surface area contributed by atoms with Gasteiger partial charge in [-0.2, -0.15) is 0 Å². The van der Waals surface area contributed by atoms with Crippen LogP contribution >= 0.6 is 0 Å². The van der Waals surface area contributed by atoms with Gasteiger partial charge in [-0.25, -0.2) is 0 Å². The highest BCUT2D eigenvalue weighted by molar-refractivity contribution is 5.90. The molecule has 8 heteroatoms. The maximum Gasteiger partial charge on any atom is 0.269 e. The van der Waals surface area contributed by atoms with Crippen LogP contribution in [0, 0.1) is 10.1 Å². The molecule has 1 N–H and O–H groups in total. The van der Waals surface area contributed by atoms with Crippen LogP contribution in [-0.2, 0) is 9.53 Å². The van der Waals surface area contributed by atoms with Crippen molar-refractivity contribution in [3.8, 4) is 5.75 Å². The van der Waals surface area contributed by atoms with Gasteiger partial charge in [0.05, 0.1) is 31.2 Å². The predicted molar refractivity (Wildman–Crippen MR) is 101 cm³/mol. The SMILES string of the molecule is O=C(CCOc1ccc([N+](=O)[O-])cc1)Nc1ccc(N2CCOCC2)cc1. The third kappa shape index (κ3) is 5.42. The lowest BCUT2D eigenvalue weighted by molar-refractivity contribution is -0.384. The van der Waals surface area contributed by atoms with Crippen molar-refractivity contribution in [2.75, 3.05) is 43.1 Å². The standard InChI is InChI=1S/C19H21N3O5/c23-19(9-12-27-18-7-5-17(6-8-18)22(24)25)20-15-1-3-16(4-2-15)21-10-13-26-14-11-21/h1-8H,9-14H2,(H,20,23). The van der Waals surface area contributed by atoms with Crippen LogP contribution in [0.25, 0.3) is 0 Å². The molecule has 1 aliphatic heterocycles. The number of nitro benzene ring substituents is 1. The fourth-order valence-corrected chi connectivity index (χ4v) is 2.73. The molecular weight excluding hydrogens is 350 g/mol. The fourth-order valence-electron chi connectivity index (χ4n) is 2.73. The number of amides is 1. The fraction of sp³-hybridized carbons (Fsp3) is 0.316. The first-order valence-corrected chi connectivity index (χ1v) is 8.72. The number of carbonyl (C=O) groups excluding carboxylic acids is 1. The highest BCUT2D eigenvalue weighted by Crippen LogP contribution is 2.20. The number of carbonyl (C=O) groups is 1. The number of morpholine rings is 1. The second kappa shape index (κ2) is 9.00. The summed E-state index contributed by atoms with van der Waals surface area (Å²) in [4.78, 5) is 24.4. The first-order chi connectivity index (χ1) is 13.1. The van der Waals surface area contributed by atoms with E-state index in [4.69, 9.17) is 9.47 Å².